The van der Waals surface area contributed by atoms with Gasteiger partial charge in [0.15, 0.2) is 5.57 Å². The number of hydrogen-bond donors (Lipinski definition) is 3. The molecular weight excluding hydrogens is 240 g/mol. The fraction of sp³-hybridized carbons (Fsp3) is 0.182. The van der Waals surface area contributed by atoms with Gasteiger partial charge in [-0.1, -0.05) is 24.3 Å². The molecule has 0 heterocycles. The summed E-state index contributed by atoms with van der Waals surface area (Å²) >= 11 is 0. The summed E-state index contributed by atoms with van der Waals surface area (Å²) in [7, 11) is 0. The molecule has 1 aliphatic rings. The summed E-state index contributed by atoms with van der Waals surface area (Å²) in [6.07, 6.45) is -0.418. The van der Waals surface area contributed by atoms with Gasteiger partial charge < -0.3 is 15.9 Å². The van der Waals surface area contributed by atoms with E-state index in [4.69, 9.17) is 10.8 Å². The maximum atomic E-state index is 11.1. The summed E-state index contributed by atoms with van der Waals surface area (Å²) in [6, 6.07) is 6.41. The van der Waals surface area contributed by atoms with Gasteiger partial charge in [0.05, 0.1) is 17.0 Å². The number of aliphatic carboxylic acids is 1. The summed E-state index contributed by atoms with van der Waals surface area (Å²) in [5.74, 6) is -1.60. The van der Waals surface area contributed by atoms with E-state index in [-0.39, 0.29) is 5.70 Å². The van der Waals surface area contributed by atoms with Crippen LogP contribution in [0.5, 0.6) is 0 Å². The minimum Gasteiger partial charge on any atom is -0.478 e. The second-order valence-electron chi connectivity index (χ2n) is 4.00. The van der Waals surface area contributed by atoms with Crippen LogP contribution in [0.15, 0.2) is 29.8 Å². The number of nitrogens with zero attached hydrogens (tertiary/aromatic N) is 1. The molecule has 0 saturated carbocycles. The molecule has 1 aliphatic carbocycles. The Morgan fingerprint density at radius 2 is 2.06 bits per heavy atom. The minimum atomic E-state index is -2.69. The van der Waals surface area contributed by atoms with Gasteiger partial charge in [0, 0.05) is 5.56 Å². The van der Waals surface area contributed by atoms with Gasteiger partial charge in [0.1, 0.15) is 0 Å². The Balaban J connectivity index is 2.75. The highest BCUT2D eigenvalue weighted by Gasteiger charge is 2.53. The Hall–Kier alpha value is -2.41. The quantitative estimate of drug-likeness (QED) is 0.384. The highest BCUT2D eigenvalue weighted by Crippen LogP contribution is 2.35. The van der Waals surface area contributed by atoms with Crippen molar-refractivity contribution in [1.29, 1.82) is 0 Å². The van der Waals surface area contributed by atoms with Crippen molar-refractivity contribution in [2.24, 2.45) is 5.73 Å². The zero-order valence-corrected chi connectivity index (χ0v) is 9.16. The van der Waals surface area contributed by atoms with Crippen LogP contribution in [0.4, 0.5) is 0 Å². The maximum Gasteiger partial charge on any atom is 0.362 e. The molecule has 0 amide bonds. The molecule has 0 fully saturated rings. The normalized spacial score (nSPS) is 22.5. The van der Waals surface area contributed by atoms with Crippen molar-refractivity contribution in [1.82, 2.24) is 0 Å². The van der Waals surface area contributed by atoms with Crippen molar-refractivity contribution >= 4 is 11.7 Å². The van der Waals surface area contributed by atoms with Gasteiger partial charge in [0.25, 0.3) is 0 Å². The van der Waals surface area contributed by atoms with Crippen LogP contribution in [0.3, 0.4) is 0 Å². The number of nitrogens with two attached hydrogens (primary N) is 1. The Bertz CT molecular complexity index is 581. The molecule has 0 aromatic heterocycles. The summed E-state index contributed by atoms with van der Waals surface area (Å²) in [5.41, 5.74) is 2.74. The molecule has 0 spiro atoms. The minimum absolute atomic E-state index is 0.274. The van der Waals surface area contributed by atoms with Crippen molar-refractivity contribution in [3.63, 3.8) is 0 Å². The van der Waals surface area contributed by atoms with E-state index in [1.165, 1.54) is 0 Å². The highest BCUT2D eigenvalue weighted by atomic mass is 16.7. The smallest absolute Gasteiger partial charge is 0.362 e. The second-order valence-corrected chi connectivity index (χ2v) is 4.00. The summed E-state index contributed by atoms with van der Waals surface area (Å²) in [4.78, 5) is 21.0. The van der Waals surface area contributed by atoms with E-state index in [0.717, 1.165) is 0 Å². The third kappa shape index (κ3) is 1.52. The monoisotopic (exact) mass is 250 g/mol. The van der Waals surface area contributed by atoms with Crippen LogP contribution < -0.4 is 5.73 Å². The molecule has 0 aliphatic heterocycles. The number of nitro groups is 1. The van der Waals surface area contributed by atoms with Crippen LogP contribution in [-0.2, 0) is 11.2 Å². The molecule has 0 saturated heterocycles. The number of benzene rings is 1. The van der Waals surface area contributed by atoms with Crippen LogP contribution >= 0.6 is 0 Å². The zero-order chi connectivity index (χ0) is 13.5. The van der Waals surface area contributed by atoms with Gasteiger partial charge in [-0.05, 0) is 5.56 Å². The summed E-state index contributed by atoms with van der Waals surface area (Å²) in [6.45, 7) is 0. The van der Waals surface area contributed by atoms with Crippen molar-refractivity contribution in [3.8, 4) is 0 Å². The molecule has 18 heavy (non-hydrogen) atoms. The zero-order valence-electron chi connectivity index (χ0n) is 9.16. The predicted octanol–water partition coefficient (Wildman–Crippen LogP) is -0.0376. The Labute approximate surface area is 101 Å². The molecule has 1 unspecified atom stereocenters. The fourth-order valence-corrected chi connectivity index (χ4v) is 2.08. The van der Waals surface area contributed by atoms with E-state index in [1.54, 1.807) is 24.3 Å². The lowest BCUT2D eigenvalue weighted by Crippen LogP contribution is -2.48. The van der Waals surface area contributed by atoms with Crippen LogP contribution in [0.2, 0.25) is 0 Å². The van der Waals surface area contributed by atoms with Crippen molar-refractivity contribution in [2.45, 2.75) is 12.1 Å². The van der Waals surface area contributed by atoms with Crippen molar-refractivity contribution in [3.05, 3.63) is 51.1 Å². The van der Waals surface area contributed by atoms with Crippen molar-refractivity contribution in [2.75, 3.05) is 0 Å². The first-order valence-electron chi connectivity index (χ1n) is 5.06. The number of hydrogen-bond acceptors (Lipinski definition) is 5. The first-order valence-corrected chi connectivity index (χ1v) is 5.06. The maximum absolute atomic E-state index is 11.1. The topological polar surface area (TPSA) is 127 Å². The van der Waals surface area contributed by atoms with Gasteiger partial charge >= 0.3 is 11.7 Å². The lowest BCUT2D eigenvalue weighted by Gasteiger charge is -2.27. The molecule has 1 atom stereocenters. The SMILES string of the molecule is NC1=C(C(=O)O)C(O)([N+](=O)[O-])Cc2ccccc21. The van der Waals surface area contributed by atoms with Gasteiger partial charge in [-0.3, -0.25) is 10.1 Å². The molecule has 7 nitrogen and oxygen atoms in total. The number of carboxylic acids is 1. The molecule has 0 bridgehead atoms. The largest absolute Gasteiger partial charge is 0.478 e. The first kappa shape index (κ1) is 12.1. The summed E-state index contributed by atoms with van der Waals surface area (Å²) in [5, 5.41) is 29.9. The van der Waals surface area contributed by atoms with Crippen LogP contribution in [0.25, 0.3) is 5.70 Å². The highest BCUT2D eigenvalue weighted by molar-refractivity contribution is 5.98. The molecule has 1 aromatic carbocycles. The van der Waals surface area contributed by atoms with Crippen LogP contribution in [0.1, 0.15) is 11.1 Å². The molecule has 94 valence electrons. The number of rotatable bonds is 2. The molecule has 4 N–H and O–H groups in total. The third-order valence-electron chi connectivity index (χ3n) is 2.93. The van der Waals surface area contributed by atoms with Gasteiger partial charge in [-0.25, -0.2) is 4.79 Å². The number of fused-ring (bicyclic) bond motifs is 1. The number of carbonyl (C=O) groups is 1. The van der Waals surface area contributed by atoms with E-state index in [9.17, 15) is 20.0 Å². The molecule has 7 heteroatoms. The number of aliphatic hydroxyl groups is 1. The van der Waals surface area contributed by atoms with E-state index in [1.807, 2.05) is 0 Å². The predicted molar refractivity (Wildman–Crippen MR) is 60.8 cm³/mol. The van der Waals surface area contributed by atoms with E-state index >= 15 is 0 Å². The van der Waals surface area contributed by atoms with Crippen LogP contribution in [-0.4, -0.2) is 26.8 Å². The molecule has 0 radical (unpaired) electrons. The Kier molecular flexibility index (Phi) is 2.55. The Morgan fingerprint density at radius 3 is 2.61 bits per heavy atom. The van der Waals surface area contributed by atoms with E-state index < -0.39 is 28.6 Å². The number of carboxylic acid groups (broad SMARTS) is 1. The molecule has 2 rings (SSSR count). The van der Waals surface area contributed by atoms with E-state index in [2.05, 4.69) is 0 Å². The average molecular weight is 250 g/mol. The van der Waals surface area contributed by atoms with Gasteiger partial charge in [0.2, 0.25) is 0 Å². The van der Waals surface area contributed by atoms with Crippen LogP contribution in [0, 0.1) is 10.1 Å². The molecule has 1 aromatic rings. The fourth-order valence-electron chi connectivity index (χ4n) is 2.08. The lowest BCUT2D eigenvalue weighted by atomic mass is 9.83. The standard InChI is InChI=1S/C11H10N2O5/c12-9-7-4-2-1-3-6(7)5-11(16,13(17)18)8(9)10(14)15/h1-4,16H,5,12H2,(H,14,15). The second kappa shape index (κ2) is 3.81. The van der Waals surface area contributed by atoms with Gasteiger partial charge in [-0.2, -0.15) is 0 Å². The third-order valence-corrected chi connectivity index (χ3v) is 2.93. The van der Waals surface area contributed by atoms with Gasteiger partial charge in [-0.15, -0.1) is 0 Å². The van der Waals surface area contributed by atoms with Crippen molar-refractivity contribution < 1.29 is 19.9 Å². The average Bonchev–Trinajstić information content (AvgIpc) is 2.28. The summed E-state index contributed by atoms with van der Waals surface area (Å²) < 4.78 is 0. The first-order chi connectivity index (χ1) is 8.38. The Morgan fingerprint density at radius 1 is 1.44 bits per heavy atom. The van der Waals surface area contributed by atoms with E-state index in [0.29, 0.717) is 11.1 Å². The lowest BCUT2D eigenvalue weighted by molar-refractivity contribution is -0.610. The molecular formula is C11H10N2O5.